The summed E-state index contributed by atoms with van der Waals surface area (Å²) < 4.78 is 38.7. The summed E-state index contributed by atoms with van der Waals surface area (Å²) in [5.74, 6) is -3.72. The number of imide groups is 1. The predicted octanol–water partition coefficient (Wildman–Crippen LogP) is 2.77. The van der Waals surface area contributed by atoms with Gasteiger partial charge in [-0.3, -0.25) is 38.2 Å². The van der Waals surface area contributed by atoms with Crippen LogP contribution in [-0.4, -0.2) is 124 Å². The molecule has 5 atom stereocenters. The summed E-state index contributed by atoms with van der Waals surface area (Å²) in [5.41, 5.74) is 6.86. The number of halogens is 1. The number of unbranched alkanes of at least 4 members (excludes halogenated alkanes) is 1. The number of aromatic nitrogens is 2. The Balaban J connectivity index is 0.872. The fourth-order valence-electron chi connectivity index (χ4n) is 10.3. The Bertz CT molecular complexity index is 3050. The molecule has 0 saturated carbocycles. The first-order chi connectivity index (χ1) is 37.0. The Labute approximate surface area is 441 Å². The average molecular weight is 1070 g/mol. The molecule has 5 heterocycles. The van der Waals surface area contributed by atoms with E-state index >= 15 is 4.39 Å². The van der Waals surface area contributed by atoms with Crippen LogP contribution in [0.15, 0.2) is 53.3 Å². The van der Waals surface area contributed by atoms with Crippen molar-refractivity contribution < 1.29 is 67.1 Å². The van der Waals surface area contributed by atoms with E-state index in [9.17, 15) is 48.6 Å². The molecule has 6 amide bonds. The van der Waals surface area contributed by atoms with Crippen LogP contribution in [0.5, 0.6) is 0 Å². The summed E-state index contributed by atoms with van der Waals surface area (Å²) in [6.07, 6.45) is 3.97. The number of cyclic esters (lactones) is 1. The molecule has 0 bridgehead atoms. The number of aliphatic hydroxyl groups excluding tert-OH is 1. The maximum absolute atomic E-state index is 15.5. The number of rotatable bonds is 24. The molecule has 8 rings (SSSR count). The molecule has 0 spiro atoms. The van der Waals surface area contributed by atoms with E-state index in [2.05, 4.69) is 21.3 Å². The molecule has 8 N–H and O–H groups in total. The highest BCUT2D eigenvalue weighted by atomic mass is 19.1. The van der Waals surface area contributed by atoms with Crippen molar-refractivity contribution in [2.45, 2.75) is 115 Å². The van der Waals surface area contributed by atoms with Crippen LogP contribution in [0.4, 0.5) is 14.9 Å². The van der Waals surface area contributed by atoms with Crippen LogP contribution in [0.2, 0.25) is 0 Å². The summed E-state index contributed by atoms with van der Waals surface area (Å²) in [6, 6.07) is 5.61. The van der Waals surface area contributed by atoms with Crippen LogP contribution >= 0.6 is 0 Å². The lowest BCUT2D eigenvalue weighted by Gasteiger charge is -2.32. The third-order valence-corrected chi connectivity index (χ3v) is 14.3. The van der Waals surface area contributed by atoms with Gasteiger partial charge in [-0.05, 0) is 99.4 Å². The SMILES string of the molecule is CCCC1(O)C(=O)OCc2c1cc1n(c2=O)C(CO)c2c-1nc1cc(F)c(C)c3c1c2C(NC(=O)OCc1ccc(NC(=O)[C@H](CCCCN)NC(=O)[C@H](C)NC(=O)CCOCCOCCN2C(=O)C=CC2=O)cc1)CC3. The zero-order valence-electron chi connectivity index (χ0n) is 43.0. The van der Waals surface area contributed by atoms with Crippen LogP contribution in [0.1, 0.15) is 110 Å². The molecular formula is C54H63FN8O14. The van der Waals surface area contributed by atoms with Gasteiger partial charge in [0.15, 0.2) is 5.60 Å². The number of amides is 6. The van der Waals surface area contributed by atoms with Crippen molar-refractivity contribution in [3.8, 4) is 11.4 Å². The van der Waals surface area contributed by atoms with Crippen LogP contribution in [0.25, 0.3) is 22.3 Å². The second-order valence-electron chi connectivity index (χ2n) is 19.4. The number of aryl methyl sites for hydroxylation is 1. The van der Waals surface area contributed by atoms with Crippen molar-refractivity contribution in [2.24, 2.45) is 5.73 Å². The maximum Gasteiger partial charge on any atom is 0.407 e. The van der Waals surface area contributed by atoms with E-state index in [4.69, 9.17) is 29.7 Å². The van der Waals surface area contributed by atoms with Gasteiger partial charge in [-0.2, -0.15) is 0 Å². The maximum atomic E-state index is 15.5. The Morgan fingerprint density at radius 3 is 2.39 bits per heavy atom. The van der Waals surface area contributed by atoms with Gasteiger partial charge in [0.1, 0.15) is 31.1 Å². The van der Waals surface area contributed by atoms with E-state index in [1.54, 1.807) is 38.1 Å². The first-order valence-electron chi connectivity index (χ1n) is 25.8. The van der Waals surface area contributed by atoms with Gasteiger partial charge in [0, 0.05) is 46.8 Å². The number of aliphatic hydroxyl groups is 2. The standard InChI is InChI=1S/C54H63FN8O14/c1-4-17-54(73)35-24-40-48-47(41(26-64)63(40)51(70)34(35)28-76-52(54)71)46-37(13-12-33-29(2)36(55)25-39(59-48)45(33)46)61-53(72)77-27-31-8-10-32(11-9-31)58-50(69)38(7-5-6-18-56)60-49(68)30(3)57-42(65)16-20-74-22-23-75-21-19-62-43(66)14-15-44(62)67/h8-11,14-15,24-25,30,37-38,41,64,73H,4-7,12-13,16-23,26-28,56H2,1-3H3,(H,57,65)(H,58,69)(H,60,68)(H,61,72)/t30-,37?,38-,41?,54?/m0/s1. The molecule has 3 aliphatic heterocycles. The summed E-state index contributed by atoms with van der Waals surface area (Å²) in [7, 11) is 0. The predicted molar refractivity (Wildman–Crippen MR) is 274 cm³/mol. The van der Waals surface area contributed by atoms with E-state index in [0.29, 0.717) is 77.5 Å². The molecule has 0 fully saturated rings. The molecule has 77 heavy (non-hydrogen) atoms. The van der Waals surface area contributed by atoms with Crippen molar-refractivity contribution >= 4 is 58.2 Å². The van der Waals surface area contributed by atoms with Crippen LogP contribution in [0, 0.1) is 12.7 Å². The minimum absolute atomic E-state index is 0.0170. The molecule has 0 saturated heterocycles. The topological polar surface area (TPSA) is 309 Å². The number of nitrogens with two attached hydrogens (primary N) is 1. The van der Waals surface area contributed by atoms with Crippen molar-refractivity contribution in [3.63, 3.8) is 0 Å². The molecule has 0 radical (unpaired) electrons. The van der Waals surface area contributed by atoms with Crippen molar-refractivity contribution in [2.75, 3.05) is 51.4 Å². The lowest BCUT2D eigenvalue weighted by molar-refractivity contribution is -0.172. The fraction of sp³-hybridized carbons (Fsp3) is 0.463. The zero-order chi connectivity index (χ0) is 55.1. The third-order valence-electron chi connectivity index (χ3n) is 14.3. The minimum Gasteiger partial charge on any atom is -0.458 e. The molecular weight excluding hydrogens is 1000 g/mol. The number of fused-ring (bicyclic) bond motifs is 5. The Morgan fingerprint density at radius 2 is 1.69 bits per heavy atom. The number of carbonyl (C=O) groups excluding carboxylic acids is 7. The van der Waals surface area contributed by atoms with Gasteiger partial charge in [0.25, 0.3) is 17.4 Å². The lowest BCUT2D eigenvalue weighted by Crippen LogP contribution is -2.51. The molecule has 3 unspecified atom stereocenters. The van der Waals surface area contributed by atoms with E-state index in [0.717, 1.165) is 4.90 Å². The Hall–Kier alpha value is -7.44. The quantitative estimate of drug-likeness (QED) is 0.0302. The number of alkyl carbamates (subject to hydrolysis) is 1. The van der Waals surface area contributed by atoms with Gasteiger partial charge in [-0.15, -0.1) is 0 Å². The van der Waals surface area contributed by atoms with Crippen molar-refractivity contribution in [3.05, 3.63) is 104 Å². The number of hydrogen-bond donors (Lipinski definition) is 7. The highest BCUT2D eigenvalue weighted by molar-refractivity contribution is 6.12. The van der Waals surface area contributed by atoms with Gasteiger partial charge in [0.05, 0.1) is 74.1 Å². The number of pyridine rings is 2. The smallest absolute Gasteiger partial charge is 0.407 e. The number of anilines is 1. The molecule has 2 aromatic heterocycles. The van der Waals surface area contributed by atoms with E-state index in [1.165, 1.54) is 35.8 Å². The number of benzene rings is 2. The molecule has 2 aromatic carbocycles. The summed E-state index contributed by atoms with van der Waals surface area (Å²) in [5, 5.41) is 34.3. The zero-order valence-corrected chi connectivity index (χ0v) is 43.0. The number of ether oxygens (including phenoxy) is 4. The monoisotopic (exact) mass is 1070 g/mol. The second kappa shape index (κ2) is 24.3. The minimum atomic E-state index is -2.10. The molecule has 4 aliphatic rings. The molecule has 410 valence electrons. The normalized spacial score (nSPS) is 18.8. The fourth-order valence-corrected chi connectivity index (χ4v) is 10.3. The average Bonchev–Trinajstić information content (AvgIpc) is 4.17. The Morgan fingerprint density at radius 1 is 0.961 bits per heavy atom. The number of nitrogens with one attached hydrogen (secondary N) is 4. The highest BCUT2D eigenvalue weighted by Crippen LogP contribution is 2.49. The third kappa shape index (κ3) is 11.8. The highest BCUT2D eigenvalue weighted by Gasteiger charge is 2.48. The molecule has 1 aliphatic carbocycles. The van der Waals surface area contributed by atoms with Crippen molar-refractivity contribution in [1.82, 2.24) is 30.4 Å². The molecule has 4 aromatic rings. The van der Waals surface area contributed by atoms with Gasteiger partial charge in [0.2, 0.25) is 17.7 Å². The first-order valence-corrected chi connectivity index (χ1v) is 25.8. The van der Waals surface area contributed by atoms with Gasteiger partial charge in [-0.1, -0.05) is 25.5 Å². The van der Waals surface area contributed by atoms with Gasteiger partial charge in [-0.25, -0.2) is 19.0 Å². The Kier molecular flexibility index (Phi) is 17.6. The number of hydrogen-bond acceptors (Lipinski definition) is 16. The van der Waals surface area contributed by atoms with Gasteiger partial charge >= 0.3 is 12.1 Å². The summed E-state index contributed by atoms with van der Waals surface area (Å²) in [4.78, 5) is 110. The van der Waals surface area contributed by atoms with Crippen LogP contribution < -0.4 is 32.6 Å². The second-order valence-corrected chi connectivity index (χ2v) is 19.4. The number of carbonyl (C=O) groups is 7. The number of esters is 1. The molecule has 22 nitrogen and oxygen atoms in total. The lowest BCUT2D eigenvalue weighted by atomic mass is 9.80. The van der Waals surface area contributed by atoms with Crippen LogP contribution in [-0.2, 0) is 73.0 Å². The van der Waals surface area contributed by atoms with Crippen molar-refractivity contribution in [1.29, 1.82) is 0 Å². The van der Waals surface area contributed by atoms with E-state index in [1.807, 2.05) is 0 Å². The van der Waals surface area contributed by atoms with E-state index in [-0.39, 0.29) is 93.5 Å². The first kappa shape index (κ1) is 55.8. The summed E-state index contributed by atoms with van der Waals surface area (Å²) in [6.45, 7) is 4.81. The van der Waals surface area contributed by atoms with E-state index < -0.39 is 89.4 Å². The largest absolute Gasteiger partial charge is 0.458 e. The van der Waals surface area contributed by atoms with Gasteiger partial charge < -0.3 is 56.2 Å². The summed E-state index contributed by atoms with van der Waals surface area (Å²) >= 11 is 0. The van der Waals surface area contributed by atoms with Crippen LogP contribution in [0.3, 0.4) is 0 Å². The molecule has 23 heteroatoms. The number of nitrogens with zero attached hydrogens (tertiary/aromatic N) is 3.